The average molecular weight is 269 g/mol. The Hall–Kier alpha value is -2.68. The van der Waals surface area contributed by atoms with Crippen LogP contribution in [-0.4, -0.2) is 20.7 Å². The molecule has 6 nitrogen and oxygen atoms in total. The fraction of sp³-hybridized carbons (Fsp3) is 0.286. The maximum atomic E-state index is 11.8. The van der Waals surface area contributed by atoms with Gasteiger partial charge in [0, 0.05) is 12.6 Å². The van der Waals surface area contributed by atoms with Crippen molar-refractivity contribution in [3.63, 3.8) is 0 Å². The van der Waals surface area contributed by atoms with Gasteiger partial charge in [0.05, 0.1) is 6.20 Å². The Labute approximate surface area is 117 Å². The minimum atomic E-state index is -0.124. The van der Waals surface area contributed by atoms with E-state index in [-0.39, 0.29) is 5.91 Å². The van der Waals surface area contributed by atoms with Gasteiger partial charge in [0.25, 0.3) is 0 Å². The standard InChI is InChI=1S/C14H15N5O/c1-2-3-7-13(20)18-14-11(9-15)10-17-19(14)12-6-4-5-8-16-12/h4-6,8,10H,2-3,7H2,1H3,(H,18,20). The summed E-state index contributed by atoms with van der Waals surface area (Å²) in [4.78, 5) is 16.0. The smallest absolute Gasteiger partial charge is 0.225 e. The Kier molecular flexibility index (Phi) is 4.45. The Balaban J connectivity index is 2.29. The topological polar surface area (TPSA) is 83.6 Å². The largest absolute Gasteiger partial charge is 0.309 e. The first kappa shape index (κ1) is 13.7. The van der Waals surface area contributed by atoms with Crippen molar-refractivity contribution in [3.8, 4) is 11.9 Å². The van der Waals surface area contributed by atoms with E-state index >= 15 is 0 Å². The van der Waals surface area contributed by atoms with Crippen molar-refractivity contribution in [1.82, 2.24) is 14.8 Å². The summed E-state index contributed by atoms with van der Waals surface area (Å²) in [7, 11) is 0. The lowest BCUT2D eigenvalue weighted by Crippen LogP contribution is -2.15. The predicted molar refractivity (Wildman–Crippen MR) is 74.2 cm³/mol. The summed E-state index contributed by atoms with van der Waals surface area (Å²) in [6, 6.07) is 7.39. The van der Waals surface area contributed by atoms with E-state index in [2.05, 4.69) is 15.4 Å². The molecule has 2 aromatic rings. The number of unbranched alkanes of at least 4 members (excludes halogenated alkanes) is 1. The summed E-state index contributed by atoms with van der Waals surface area (Å²) in [6.45, 7) is 2.02. The van der Waals surface area contributed by atoms with Crippen LogP contribution in [0.5, 0.6) is 0 Å². The maximum Gasteiger partial charge on any atom is 0.225 e. The van der Waals surface area contributed by atoms with E-state index in [9.17, 15) is 4.79 Å². The molecule has 0 radical (unpaired) electrons. The van der Waals surface area contributed by atoms with E-state index in [0.717, 1.165) is 12.8 Å². The number of nitrogens with one attached hydrogen (secondary N) is 1. The molecule has 1 amide bonds. The highest BCUT2D eigenvalue weighted by atomic mass is 16.1. The maximum absolute atomic E-state index is 11.8. The quantitative estimate of drug-likeness (QED) is 0.902. The van der Waals surface area contributed by atoms with Gasteiger partial charge in [-0.2, -0.15) is 15.0 Å². The number of nitriles is 1. The zero-order chi connectivity index (χ0) is 14.4. The average Bonchev–Trinajstić information content (AvgIpc) is 2.88. The Morgan fingerprint density at radius 1 is 1.50 bits per heavy atom. The van der Waals surface area contributed by atoms with Crippen LogP contribution in [0.3, 0.4) is 0 Å². The monoisotopic (exact) mass is 269 g/mol. The fourth-order valence-electron chi connectivity index (χ4n) is 1.74. The van der Waals surface area contributed by atoms with Crippen LogP contribution in [0.1, 0.15) is 31.7 Å². The fourth-order valence-corrected chi connectivity index (χ4v) is 1.74. The minimum absolute atomic E-state index is 0.124. The van der Waals surface area contributed by atoms with Crippen molar-refractivity contribution in [3.05, 3.63) is 36.2 Å². The lowest BCUT2D eigenvalue weighted by molar-refractivity contribution is -0.116. The molecule has 2 aromatic heterocycles. The molecule has 0 saturated carbocycles. The number of carbonyl (C=O) groups excluding carboxylic acids is 1. The van der Waals surface area contributed by atoms with E-state index in [0.29, 0.717) is 23.6 Å². The van der Waals surface area contributed by atoms with Gasteiger partial charge in [0.2, 0.25) is 5.91 Å². The third-order valence-corrected chi connectivity index (χ3v) is 2.77. The summed E-state index contributed by atoms with van der Waals surface area (Å²) in [5, 5.41) is 15.9. The van der Waals surface area contributed by atoms with Gasteiger partial charge in [-0.3, -0.25) is 4.79 Å². The van der Waals surface area contributed by atoms with Crippen LogP contribution in [0.4, 0.5) is 5.82 Å². The van der Waals surface area contributed by atoms with Crippen LogP contribution in [0, 0.1) is 11.3 Å². The third kappa shape index (κ3) is 3.01. The van der Waals surface area contributed by atoms with E-state index < -0.39 is 0 Å². The lowest BCUT2D eigenvalue weighted by atomic mass is 10.2. The van der Waals surface area contributed by atoms with Crippen LogP contribution in [0.25, 0.3) is 5.82 Å². The molecular weight excluding hydrogens is 254 g/mol. The van der Waals surface area contributed by atoms with Crippen molar-refractivity contribution in [2.45, 2.75) is 26.2 Å². The van der Waals surface area contributed by atoms with E-state index in [1.54, 1.807) is 18.3 Å². The molecule has 20 heavy (non-hydrogen) atoms. The molecule has 0 saturated heterocycles. The molecular formula is C14H15N5O. The van der Waals surface area contributed by atoms with Gasteiger partial charge in [-0.05, 0) is 18.6 Å². The first-order chi connectivity index (χ1) is 9.76. The molecule has 0 aliphatic carbocycles. The molecule has 0 aliphatic heterocycles. The van der Waals surface area contributed by atoms with Gasteiger partial charge in [0.15, 0.2) is 11.6 Å². The molecule has 6 heteroatoms. The van der Waals surface area contributed by atoms with Crippen molar-refractivity contribution in [2.75, 3.05) is 5.32 Å². The molecule has 102 valence electrons. The number of pyridine rings is 1. The Morgan fingerprint density at radius 2 is 2.35 bits per heavy atom. The van der Waals surface area contributed by atoms with E-state index in [1.807, 2.05) is 19.1 Å². The normalized spacial score (nSPS) is 10.0. The first-order valence-electron chi connectivity index (χ1n) is 6.45. The minimum Gasteiger partial charge on any atom is -0.309 e. The highest BCUT2D eigenvalue weighted by molar-refractivity contribution is 5.91. The molecule has 0 spiro atoms. The molecule has 0 aromatic carbocycles. The highest BCUT2D eigenvalue weighted by Crippen LogP contribution is 2.18. The van der Waals surface area contributed by atoms with Crippen molar-refractivity contribution in [1.29, 1.82) is 5.26 Å². The van der Waals surface area contributed by atoms with Gasteiger partial charge in [-0.25, -0.2) is 4.98 Å². The number of anilines is 1. The predicted octanol–water partition coefficient (Wildman–Crippen LogP) is 2.27. The molecule has 0 fully saturated rings. The first-order valence-corrected chi connectivity index (χ1v) is 6.45. The van der Waals surface area contributed by atoms with Crippen LogP contribution in [-0.2, 0) is 4.79 Å². The molecule has 0 bridgehead atoms. The van der Waals surface area contributed by atoms with Crippen LogP contribution in [0.2, 0.25) is 0 Å². The van der Waals surface area contributed by atoms with Gasteiger partial charge in [0.1, 0.15) is 11.6 Å². The molecule has 2 rings (SSSR count). The van der Waals surface area contributed by atoms with Crippen molar-refractivity contribution < 1.29 is 4.79 Å². The molecule has 0 atom stereocenters. The summed E-state index contributed by atoms with van der Waals surface area (Å²) < 4.78 is 1.46. The molecule has 1 N–H and O–H groups in total. The van der Waals surface area contributed by atoms with Crippen LogP contribution >= 0.6 is 0 Å². The summed E-state index contributed by atoms with van der Waals surface area (Å²) >= 11 is 0. The molecule has 2 heterocycles. The van der Waals surface area contributed by atoms with Crippen molar-refractivity contribution in [2.24, 2.45) is 0 Å². The molecule has 0 unspecified atom stereocenters. The number of amides is 1. The summed E-state index contributed by atoms with van der Waals surface area (Å²) in [5.74, 6) is 0.799. The second-order valence-electron chi connectivity index (χ2n) is 4.27. The lowest BCUT2D eigenvalue weighted by Gasteiger charge is -2.08. The second kappa shape index (κ2) is 6.48. The summed E-state index contributed by atoms with van der Waals surface area (Å²) in [5.41, 5.74) is 0.320. The number of aromatic nitrogens is 3. The zero-order valence-corrected chi connectivity index (χ0v) is 11.2. The van der Waals surface area contributed by atoms with Gasteiger partial charge < -0.3 is 5.32 Å². The zero-order valence-electron chi connectivity index (χ0n) is 11.2. The Bertz CT molecular complexity index is 627. The number of hydrogen-bond donors (Lipinski definition) is 1. The molecule has 0 aliphatic rings. The van der Waals surface area contributed by atoms with Crippen LogP contribution in [0.15, 0.2) is 30.6 Å². The highest BCUT2D eigenvalue weighted by Gasteiger charge is 2.15. The van der Waals surface area contributed by atoms with E-state index in [1.165, 1.54) is 10.9 Å². The van der Waals surface area contributed by atoms with Gasteiger partial charge in [-0.15, -0.1) is 0 Å². The number of rotatable bonds is 5. The number of hydrogen-bond acceptors (Lipinski definition) is 4. The Morgan fingerprint density at radius 3 is 3.00 bits per heavy atom. The SMILES string of the molecule is CCCCC(=O)Nc1c(C#N)cnn1-c1ccccn1. The number of carbonyl (C=O) groups is 1. The van der Waals surface area contributed by atoms with E-state index in [4.69, 9.17) is 5.26 Å². The van der Waals surface area contributed by atoms with Crippen molar-refractivity contribution >= 4 is 11.7 Å². The van der Waals surface area contributed by atoms with Gasteiger partial charge in [-0.1, -0.05) is 19.4 Å². The third-order valence-electron chi connectivity index (χ3n) is 2.77. The number of nitrogens with zero attached hydrogens (tertiary/aromatic N) is 4. The second-order valence-corrected chi connectivity index (χ2v) is 4.27. The summed E-state index contributed by atoms with van der Waals surface area (Å²) in [6.07, 6.45) is 5.23. The van der Waals surface area contributed by atoms with Crippen LogP contribution < -0.4 is 5.32 Å². The van der Waals surface area contributed by atoms with Gasteiger partial charge >= 0.3 is 0 Å².